The zero-order chi connectivity index (χ0) is 13.9. The Morgan fingerprint density at radius 3 is 2.95 bits per heavy atom. The minimum absolute atomic E-state index is 0.535. The van der Waals surface area contributed by atoms with Crippen molar-refractivity contribution < 1.29 is 0 Å². The molecule has 20 heavy (non-hydrogen) atoms. The van der Waals surface area contributed by atoms with Gasteiger partial charge >= 0.3 is 0 Å². The number of aryl methyl sites for hydroxylation is 2. The Kier molecular flexibility index (Phi) is 3.92. The molecule has 1 aliphatic carbocycles. The Bertz CT molecular complexity index is 567. The molecular weight excluding hydrogens is 248 g/mol. The Labute approximate surface area is 120 Å². The summed E-state index contributed by atoms with van der Waals surface area (Å²) in [5.41, 5.74) is 4.29. The van der Waals surface area contributed by atoms with Crippen molar-refractivity contribution in [2.24, 2.45) is 7.05 Å². The average molecular weight is 272 g/mol. The van der Waals surface area contributed by atoms with Gasteiger partial charge < -0.3 is 9.88 Å². The summed E-state index contributed by atoms with van der Waals surface area (Å²) in [5.74, 6) is 0. The van der Waals surface area contributed by atoms with Crippen LogP contribution in [0, 0.1) is 0 Å². The summed E-state index contributed by atoms with van der Waals surface area (Å²) >= 11 is 0. The molecule has 0 saturated heterocycles. The van der Waals surface area contributed by atoms with Crippen molar-refractivity contribution in [2.75, 3.05) is 6.54 Å². The molecule has 0 radical (unpaired) electrons. The lowest BCUT2D eigenvalue weighted by Gasteiger charge is -2.15. The van der Waals surface area contributed by atoms with Gasteiger partial charge in [-0.2, -0.15) is 5.10 Å². The third-order valence-corrected chi connectivity index (χ3v) is 4.14. The summed E-state index contributed by atoms with van der Waals surface area (Å²) in [5, 5.41) is 7.88. The van der Waals surface area contributed by atoms with E-state index in [4.69, 9.17) is 0 Å². The predicted octanol–water partition coefficient (Wildman–Crippen LogP) is 2.65. The van der Waals surface area contributed by atoms with Gasteiger partial charge in [-0.3, -0.25) is 4.68 Å². The number of nitrogens with zero attached hydrogens (tertiary/aromatic N) is 3. The zero-order valence-electron chi connectivity index (χ0n) is 12.5. The summed E-state index contributed by atoms with van der Waals surface area (Å²) in [7, 11) is 1.97. The molecule has 108 valence electrons. The van der Waals surface area contributed by atoms with Crippen LogP contribution in [-0.4, -0.2) is 20.9 Å². The zero-order valence-corrected chi connectivity index (χ0v) is 12.5. The molecule has 1 N–H and O–H groups in total. The fourth-order valence-corrected chi connectivity index (χ4v) is 3.23. The number of aromatic nitrogens is 3. The van der Waals surface area contributed by atoms with Gasteiger partial charge in [-0.05, 0) is 36.9 Å². The van der Waals surface area contributed by atoms with Gasteiger partial charge in [-0.1, -0.05) is 13.3 Å². The fraction of sp³-hybridized carbons (Fsp3) is 0.562. The van der Waals surface area contributed by atoms with Crippen LogP contribution in [0.1, 0.15) is 48.9 Å². The van der Waals surface area contributed by atoms with Crippen LogP contribution in [0.15, 0.2) is 24.8 Å². The van der Waals surface area contributed by atoms with Crippen molar-refractivity contribution in [3.05, 3.63) is 41.5 Å². The monoisotopic (exact) mass is 272 g/mol. The topological polar surface area (TPSA) is 34.8 Å². The third-order valence-electron chi connectivity index (χ3n) is 4.14. The molecule has 1 aliphatic rings. The van der Waals surface area contributed by atoms with Crippen LogP contribution >= 0.6 is 0 Å². The second-order valence-corrected chi connectivity index (χ2v) is 5.79. The quantitative estimate of drug-likeness (QED) is 0.868. The number of hydrogen-bond acceptors (Lipinski definition) is 2. The van der Waals surface area contributed by atoms with Gasteiger partial charge in [0.2, 0.25) is 0 Å². The smallest absolute Gasteiger partial charge is 0.0539 e. The first-order chi connectivity index (χ1) is 9.76. The Hall–Kier alpha value is -1.55. The fourth-order valence-electron chi connectivity index (χ4n) is 3.23. The van der Waals surface area contributed by atoms with Gasteiger partial charge in [0.15, 0.2) is 0 Å². The highest BCUT2D eigenvalue weighted by Gasteiger charge is 2.19. The molecule has 0 aromatic carbocycles. The van der Waals surface area contributed by atoms with E-state index in [1.807, 2.05) is 17.9 Å². The highest BCUT2D eigenvalue weighted by Crippen LogP contribution is 2.29. The first-order valence-corrected chi connectivity index (χ1v) is 7.65. The maximum atomic E-state index is 4.25. The average Bonchev–Trinajstić information content (AvgIpc) is 2.96. The molecule has 0 spiro atoms. The van der Waals surface area contributed by atoms with Gasteiger partial charge in [0.05, 0.1) is 12.7 Å². The van der Waals surface area contributed by atoms with Gasteiger partial charge in [-0.25, -0.2) is 0 Å². The van der Waals surface area contributed by atoms with E-state index in [1.165, 1.54) is 42.4 Å². The van der Waals surface area contributed by atoms with Crippen molar-refractivity contribution in [3.8, 4) is 0 Å². The van der Waals surface area contributed by atoms with Crippen LogP contribution in [0.4, 0.5) is 0 Å². The van der Waals surface area contributed by atoms with E-state index in [0.717, 1.165) is 13.1 Å². The second kappa shape index (κ2) is 5.83. The summed E-state index contributed by atoms with van der Waals surface area (Å²) in [4.78, 5) is 0. The molecule has 0 fully saturated rings. The molecule has 1 atom stereocenters. The molecule has 0 aliphatic heterocycles. The number of nitrogens with one attached hydrogen (secondary N) is 1. The minimum Gasteiger partial charge on any atom is -0.349 e. The highest BCUT2D eigenvalue weighted by molar-refractivity contribution is 5.30. The van der Waals surface area contributed by atoms with E-state index >= 15 is 0 Å². The lowest BCUT2D eigenvalue weighted by Crippen LogP contribution is -2.20. The SMILES string of the molecule is CCNC1CCCCc2cn(Cc3cnn(C)c3)cc21. The minimum atomic E-state index is 0.535. The van der Waals surface area contributed by atoms with Crippen molar-refractivity contribution in [2.45, 2.75) is 45.2 Å². The van der Waals surface area contributed by atoms with Crippen molar-refractivity contribution >= 4 is 0 Å². The first-order valence-electron chi connectivity index (χ1n) is 7.65. The van der Waals surface area contributed by atoms with Gasteiger partial charge in [-0.15, -0.1) is 0 Å². The Morgan fingerprint density at radius 1 is 1.30 bits per heavy atom. The molecule has 2 heterocycles. The van der Waals surface area contributed by atoms with Crippen LogP contribution < -0.4 is 5.32 Å². The van der Waals surface area contributed by atoms with E-state index in [9.17, 15) is 0 Å². The number of fused-ring (bicyclic) bond motifs is 1. The van der Waals surface area contributed by atoms with Gasteiger partial charge in [0.25, 0.3) is 0 Å². The van der Waals surface area contributed by atoms with Crippen LogP contribution in [0.3, 0.4) is 0 Å². The predicted molar refractivity (Wildman–Crippen MR) is 80.7 cm³/mol. The lowest BCUT2D eigenvalue weighted by atomic mass is 10.0. The largest absolute Gasteiger partial charge is 0.349 e. The molecule has 4 heteroatoms. The molecule has 4 nitrogen and oxygen atoms in total. The standard InChI is InChI=1S/C16H24N4/c1-3-17-16-7-5-4-6-14-11-20(12-15(14)16)10-13-8-18-19(2)9-13/h8-9,11-12,16-17H,3-7,10H2,1-2H3. The van der Waals surface area contributed by atoms with E-state index in [0.29, 0.717) is 6.04 Å². The lowest BCUT2D eigenvalue weighted by molar-refractivity contribution is 0.502. The molecule has 3 rings (SSSR count). The van der Waals surface area contributed by atoms with Crippen molar-refractivity contribution in [1.29, 1.82) is 0 Å². The molecule has 0 amide bonds. The maximum Gasteiger partial charge on any atom is 0.0539 e. The molecule has 1 unspecified atom stereocenters. The maximum absolute atomic E-state index is 4.25. The first kappa shape index (κ1) is 13.4. The molecule has 0 saturated carbocycles. The third kappa shape index (κ3) is 2.80. The van der Waals surface area contributed by atoms with E-state index < -0.39 is 0 Å². The molecule has 2 aromatic heterocycles. The van der Waals surface area contributed by atoms with Crippen LogP contribution in [-0.2, 0) is 20.0 Å². The molecule has 2 aromatic rings. The summed E-state index contributed by atoms with van der Waals surface area (Å²) in [6.07, 6.45) is 13.8. The van der Waals surface area contributed by atoms with Crippen LogP contribution in [0.5, 0.6) is 0 Å². The Balaban J connectivity index is 1.82. The van der Waals surface area contributed by atoms with Gasteiger partial charge in [0, 0.05) is 37.2 Å². The second-order valence-electron chi connectivity index (χ2n) is 5.79. The van der Waals surface area contributed by atoms with Gasteiger partial charge in [0.1, 0.15) is 0 Å². The van der Waals surface area contributed by atoms with Crippen LogP contribution in [0.2, 0.25) is 0 Å². The van der Waals surface area contributed by atoms with Crippen LogP contribution in [0.25, 0.3) is 0 Å². The highest BCUT2D eigenvalue weighted by atomic mass is 15.2. The van der Waals surface area contributed by atoms with Crippen molar-refractivity contribution in [3.63, 3.8) is 0 Å². The van der Waals surface area contributed by atoms with E-state index in [2.05, 4.69) is 40.5 Å². The normalized spacial score (nSPS) is 18.8. The van der Waals surface area contributed by atoms with E-state index in [1.54, 1.807) is 0 Å². The Morgan fingerprint density at radius 2 is 2.20 bits per heavy atom. The summed E-state index contributed by atoms with van der Waals surface area (Å²) < 4.78 is 4.18. The van der Waals surface area contributed by atoms with Crippen molar-refractivity contribution in [1.82, 2.24) is 19.7 Å². The van der Waals surface area contributed by atoms with E-state index in [-0.39, 0.29) is 0 Å². The summed E-state index contributed by atoms with van der Waals surface area (Å²) in [6, 6.07) is 0.535. The molecule has 0 bridgehead atoms. The number of rotatable bonds is 4. The molecular formula is C16H24N4. The summed E-state index contributed by atoms with van der Waals surface area (Å²) in [6.45, 7) is 4.15. The number of hydrogen-bond donors (Lipinski definition) is 1.